The van der Waals surface area contributed by atoms with Crippen molar-refractivity contribution in [3.8, 4) is 16.9 Å². The number of esters is 1. The number of fused-ring (bicyclic) bond motifs is 6. The first kappa shape index (κ1) is 26.2. The number of hydrogen-bond donors (Lipinski definition) is 0. The molecule has 6 rings (SSSR count). The summed E-state index contributed by atoms with van der Waals surface area (Å²) in [5.41, 5.74) is 10.2. The zero-order valence-corrected chi connectivity index (χ0v) is 23.7. The Morgan fingerprint density at radius 1 is 0.775 bits per heavy atom. The first-order valence-electron chi connectivity index (χ1n) is 14.7. The average molecular weight is 531 g/mol. The molecule has 4 aromatic rings. The highest BCUT2D eigenvalue weighted by atomic mass is 16.5. The summed E-state index contributed by atoms with van der Waals surface area (Å²) in [6, 6.07) is 29.2. The third kappa shape index (κ3) is 5.36. The molecule has 0 aliphatic carbocycles. The molecule has 0 amide bonds. The molecule has 0 radical (unpaired) electrons. The maximum atomic E-state index is 13.5. The van der Waals surface area contributed by atoms with Gasteiger partial charge >= 0.3 is 5.97 Å². The highest BCUT2D eigenvalue weighted by molar-refractivity contribution is 5.99. The Balaban J connectivity index is 1.20. The molecule has 0 unspecified atom stereocenters. The Morgan fingerprint density at radius 3 is 2.35 bits per heavy atom. The van der Waals surface area contributed by atoms with Gasteiger partial charge in [-0.1, -0.05) is 81.1 Å². The van der Waals surface area contributed by atoms with Crippen molar-refractivity contribution in [2.45, 2.75) is 65.5 Å². The number of benzene rings is 4. The van der Waals surface area contributed by atoms with Crippen molar-refractivity contribution in [1.29, 1.82) is 0 Å². The maximum Gasteiger partial charge on any atom is 0.344 e. The minimum Gasteiger partial charge on any atom is -0.423 e. The SMILES string of the molecule is CCCCCCCc1ccc(OC(=O)c2cccc(C)c2-c2ccc3c(c2)CN2CN3Cc3ccccc32)cc1. The number of nitrogens with zero attached hydrogens (tertiary/aromatic N) is 2. The number of anilines is 2. The van der Waals surface area contributed by atoms with Crippen LogP contribution < -0.4 is 14.5 Å². The number of carbonyl (C=O) groups is 1. The van der Waals surface area contributed by atoms with Gasteiger partial charge in [-0.25, -0.2) is 4.79 Å². The summed E-state index contributed by atoms with van der Waals surface area (Å²) in [5, 5.41) is 0. The predicted molar refractivity (Wildman–Crippen MR) is 164 cm³/mol. The summed E-state index contributed by atoms with van der Waals surface area (Å²) >= 11 is 0. The van der Waals surface area contributed by atoms with Crippen molar-refractivity contribution in [3.05, 3.63) is 113 Å². The Labute approximate surface area is 238 Å². The van der Waals surface area contributed by atoms with Crippen LogP contribution in [0.15, 0.2) is 84.9 Å². The van der Waals surface area contributed by atoms with E-state index in [1.807, 2.05) is 24.3 Å². The Bertz CT molecular complexity index is 1510. The van der Waals surface area contributed by atoms with Gasteiger partial charge in [0.05, 0.1) is 12.2 Å². The van der Waals surface area contributed by atoms with Gasteiger partial charge in [0, 0.05) is 24.5 Å². The number of aryl methyl sites for hydroxylation is 2. The molecule has 0 spiro atoms. The van der Waals surface area contributed by atoms with Crippen LogP contribution in [0.2, 0.25) is 0 Å². The van der Waals surface area contributed by atoms with Gasteiger partial charge in [0.2, 0.25) is 0 Å². The molecule has 4 aromatic carbocycles. The smallest absolute Gasteiger partial charge is 0.344 e. The van der Waals surface area contributed by atoms with Crippen LogP contribution in [0.4, 0.5) is 11.4 Å². The van der Waals surface area contributed by atoms with E-state index in [0.717, 1.165) is 42.9 Å². The van der Waals surface area contributed by atoms with Gasteiger partial charge in [-0.3, -0.25) is 0 Å². The fourth-order valence-electron chi connectivity index (χ4n) is 6.21. The molecule has 0 fully saturated rings. The monoisotopic (exact) mass is 530 g/mol. The van der Waals surface area contributed by atoms with Crippen molar-refractivity contribution in [1.82, 2.24) is 0 Å². The molecule has 40 heavy (non-hydrogen) atoms. The zero-order valence-electron chi connectivity index (χ0n) is 23.7. The van der Waals surface area contributed by atoms with Crippen molar-refractivity contribution >= 4 is 17.3 Å². The van der Waals surface area contributed by atoms with Gasteiger partial charge in [0.1, 0.15) is 5.75 Å². The molecule has 0 saturated heterocycles. The van der Waals surface area contributed by atoms with Crippen LogP contribution in [0.1, 0.15) is 71.6 Å². The van der Waals surface area contributed by atoms with Crippen LogP contribution in [0.5, 0.6) is 5.75 Å². The standard InChI is InChI=1S/C36H38N2O2/c1-3-4-5-6-7-12-27-16-19-31(20-17-27)40-36(39)32-14-10-11-26(2)35(32)28-18-21-34-30(22-28)24-38-25-37(34)23-29-13-8-9-15-33(29)38/h8-11,13-22H,3-7,12,23-25H2,1-2H3. The molecule has 2 aliphatic rings. The van der Waals surface area contributed by atoms with E-state index in [1.165, 1.54) is 60.2 Å². The summed E-state index contributed by atoms with van der Waals surface area (Å²) in [5.74, 6) is 0.270. The molecule has 204 valence electrons. The number of unbranched alkanes of at least 4 members (excludes halogenated alkanes) is 4. The first-order chi connectivity index (χ1) is 19.6. The van der Waals surface area contributed by atoms with Crippen LogP contribution >= 0.6 is 0 Å². The van der Waals surface area contributed by atoms with Crippen LogP contribution in [0, 0.1) is 6.92 Å². The van der Waals surface area contributed by atoms with E-state index in [9.17, 15) is 4.79 Å². The normalized spacial score (nSPS) is 13.6. The second-order valence-electron chi connectivity index (χ2n) is 11.2. The number of ether oxygens (including phenoxy) is 1. The molecule has 4 heteroatoms. The topological polar surface area (TPSA) is 32.8 Å². The van der Waals surface area contributed by atoms with Gasteiger partial charge in [0.25, 0.3) is 0 Å². The molecule has 2 heterocycles. The lowest BCUT2D eigenvalue weighted by Crippen LogP contribution is -2.46. The van der Waals surface area contributed by atoms with Crippen molar-refractivity contribution in [2.24, 2.45) is 0 Å². The summed E-state index contributed by atoms with van der Waals surface area (Å²) in [4.78, 5) is 18.3. The lowest BCUT2D eigenvalue weighted by Gasteiger charge is -2.44. The summed E-state index contributed by atoms with van der Waals surface area (Å²) < 4.78 is 5.89. The summed E-state index contributed by atoms with van der Waals surface area (Å²) in [7, 11) is 0. The quantitative estimate of drug-likeness (QED) is 0.123. The van der Waals surface area contributed by atoms with E-state index < -0.39 is 0 Å². The molecular formula is C36H38N2O2. The van der Waals surface area contributed by atoms with Crippen LogP contribution in [-0.4, -0.2) is 12.6 Å². The minimum absolute atomic E-state index is 0.318. The second-order valence-corrected chi connectivity index (χ2v) is 11.2. The fraction of sp³-hybridized carbons (Fsp3) is 0.306. The van der Waals surface area contributed by atoms with E-state index in [1.54, 1.807) is 0 Å². The van der Waals surface area contributed by atoms with E-state index >= 15 is 0 Å². The van der Waals surface area contributed by atoms with E-state index in [2.05, 4.69) is 84.3 Å². The average Bonchev–Trinajstić information content (AvgIpc) is 2.97. The van der Waals surface area contributed by atoms with Gasteiger partial charge in [0.15, 0.2) is 0 Å². The molecule has 0 aromatic heterocycles. The summed E-state index contributed by atoms with van der Waals surface area (Å²) in [6.45, 7) is 6.99. The zero-order chi connectivity index (χ0) is 27.5. The van der Waals surface area contributed by atoms with E-state index in [4.69, 9.17) is 4.74 Å². The van der Waals surface area contributed by atoms with Crippen LogP contribution in [0.25, 0.3) is 11.1 Å². The maximum absolute atomic E-state index is 13.5. The first-order valence-corrected chi connectivity index (χ1v) is 14.7. The van der Waals surface area contributed by atoms with Crippen LogP contribution in [0.3, 0.4) is 0 Å². The number of carbonyl (C=O) groups excluding carboxylic acids is 1. The predicted octanol–water partition coefficient (Wildman–Crippen LogP) is 8.69. The highest BCUT2D eigenvalue weighted by Crippen LogP contribution is 2.40. The Kier molecular flexibility index (Phi) is 7.59. The Morgan fingerprint density at radius 2 is 1.52 bits per heavy atom. The van der Waals surface area contributed by atoms with Crippen molar-refractivity contribution in [3.63, 3.8) is 0 Å². The molecule has 0 saturated carbocycles. The van der Waals surface area contributed by atoms with Crippen LogP contribution in [-0.2, 0) is 19.5 Å². The van der Waals surface area contributed by atoms with Gasteiger partial charge in [-0.2, -0.15) is 0 Å². The molecule has 4 nitrogen and oxygen atoms in total. The number of para-hydroxylation sites is 1. The number of hydrogen-bond acceptors (Lipinski definition) is 4. The number of rotatable bonds is 9. The molecule has 2 bridgehead atoms. The third-order valence-corrected chi connectivity index (χ3v) is 8.30. The van der Waals surface area contributed by atoms with Gasteiger partial charge < -0.3 is 14.5 Å². The Hall–Kier alpha value is -4.05. The van der Waals surface area contributed by atoms with Crippen molar-refractivity contribution < 1.29 is 9.53 Å². The van der Waals surface area contributed by atoms with Crippen molar-refractivity contribution in [2.75, 3.05) is 16.5 Å². The fourth-order valence-corrected chi connectivity index (χ4v) is 6.21. The van der Waals surface area contributed by atoms with Gasteiger partial charge in [-0.05, 0) is 89.5 Å². The largest absolute Gasteiger partial charge is 0.423 e. The van der Waals surface area contributed by atoms with Gasteiger partial charge in [-0.15, -0.1) is 0 Å². The summed E-state index contributed by atoms with van der Waals surface area (Å²) in [6.07, 6.45) is 7.42. The molecule has 0 N–H and O–H groups in total. The lowest BCUT2D eigenvalue weighted by atomic mass is 9.92. The second kappa shape index (κ2) is 11.6. The minimum atomic E-state index is -0.318. The molecule has 0 atom stereocenters. The third-order valence-electron chi connectivity index (χ3n) is 8.30. The highest BCUT2D eigenvalue weighted by Gasteiger charge is 2.29. The molecule has 2 aliphatic heterocycles. The van der Waals surface area contributed by atoms with E-state index in [0.29, 0.717) is 11.3 Å². The molecular weight excluding hydrogens is 492 g/mol. The van der Waals surface area contributed by atoms with E-state index in [-0.39, 0.29) is 5.97 Å². The lowest BCUT2D eigenvalue weighted by molar-refractivity contribution is 0.0735.